The summed E-state index contributed by atoms with van der Waals surface area (Å²) in [6.07, 6.45) is 3.93. The third kappa shape index (κ3) is 7.75. The maximum absolute atomic E-state index is 12.0. The van der Waals surface area contributed by atoms with Gasteiger partial charge in [-0.1, -0.05) is 18.6 Å². The van der Waals surface area contributed by atoms with Gasteiger partial charge >= 0.3 is 5.97 Å². The van der Waals surface area contributed by atoms with Crippen LogP contribution in [0, 0.1) is 0 Å². The molecule has 2 rings (SSSR count). The van der Waals surface area contributed by atoms with E-state index in [9.17, 15) is 9.59 Å². The van der Waals surface area contributed by atoms with E-state index in [1.807, 2.05) is 24.3 Å². The Morgan fingerprint density at radius 2 is 2.00 bits per heavy atom. The van der Waals surface area contributed by atoms with Gasteiger partial charge in [0.15, 0.2) is 6.61 Å². The van der Waals surface area contributed by atoms with Crippen LogP contribution >= 0.6 is 12.4 Å². The summed E-state index contributed by atoms with van der Waals surface area (Å²) in [5.74, 6) is 0.340. The van der Waals surface area contributed by atoms with Crippen molar-refractivity contribution in [2.75, 3.05) is 26.3 Å². The average Bonchev–Trinajstić information content (AvgIpc) is 2.62. The summed E-state index contributed by atoms with van der Waals surface area (Å²) < 4.78 is 10.1. The lowest BCUT2D eigenvalue weighted by Crippen LogP contribution is -2.47. The van der Waals surface area contributed by atoms with Gasteiger partial charge in [0.05, 0.1) is 12.6 Å². The highest BCUT2D eigenvalue weighted by Gasteiger charge is 2.19. The summed E-state index contributed by atoms with van der Waals surface area (Å²) in [5, 5.41) is 6.22. The minimum absolute atomic E-state index is 0. The van der Waals surface area contributed by atoms with E-state index in [4.69, 9.17) is 9.47 Å². The van der Waals surface area contributed by atoms with Gasteiger partial charge in [-0.15, -0.1) is 12.4 Å². The van der Waals surface area contributed by atoms with Crippen LogP contribution < -0.4 is 15.4 Å². The van der Waals surface area contributed by atoms with Gasteiger partial charge in [0.1, 0.15) is 5.75 Å². The minimum Gasteiger partial charge on any atom is -0.482 e. The van der Waals surface area contributed by atoms with E-state index >= 15 is 0 Å². The van der Waals surface area contributed by atoms with Crippen LogP contribution in [0.4, 0.5) is 0 Å². The Balaban J connectivity index is 0.00000312. The SMILES string of the molecule is CCOC(=O)COc1ccc(CCNC(=O)C2CCCCN2)cc1.Cl. The Morgan fingerprint density at radius 3 is 2.64 bits per heavy atom. The van der Waals surface area contributed by atoms with E-state index in [1.165, 1.54) is 0 Å². The summed E-state index contributed by atoms with van der Waals surface area (Å²) in [6.45, 7) is 3.56. The molecule has 25 heavy (non-hydrogen) atoms. The number of hydrogen-bond donors (Lipinski definition) is 2. The zero-order valence-corrected chi connectivity index (χ0v) is 15.4. The molecule has 1 saturated heterocycles. The van der Waals surface area contributed by atoms with Crippen LogP contribution in [-0.2, 0) is 20.7 Å². The minimum atomic E-state index is -0.374. The zero-order valence-electron chi connectivity index (χ0n) is 14.6. The van der Waals surface area contributed by atoms with E-state index in [0.717, 1.165) is 37.8 Å². The highest BCUT2D eigenvalue weighted by Crippen LogP contribution is 2.12. The molecule has 0 aromatic heterocycles. The molecule has 0 radical (unpaired) electrons. The molecule has 2 N–H and O–H groups in total. The second-order valence-electron chi connectivity index (χ2n) is 5.78. The number of hydrogen-bond acceptors (Lipinski definition) is 5. The van der Waals surface area contributed by atoms with Crippen LogP contribution in [0.2, 0.25) is 0 Å². The van der Waals surface area contributed by atoms with Crippen molar-refractivity contribution in [2.45, 2.75) is 38.6 Å². The van der Waals surface area contributed by atoms with Crippen LogP contribution in [-0.4, -0.2) is 44.2 Å². The molecule has 0 saturated carbocycles. The quantitative estimate of drug-likeness (QED) is 0.683. The molecule has 1 aliphatic heterocycles. The molecule has 0 bridgehead atoms. The summed E-state index contributed by atoms with van der Waals surface area (Å²) in [7, 11) is 0. The van der Waals surface area contributed by atoms with Crippen LogP contribution in [0.25, 0.3) is 0 Å². The first-order chi connectivity index (χ1) is 11.7. The van der Waals surface area contributed by atoms with Gasteiger partial charge in [-0.25, -0.2) is 4.79 Å². The molecular formula is C18H27ClN2O4. The summed E-state index contributed by atoms with van der Waals surface area (Å²) in [4.78, 5) is 23.2. The fourth-order valence-corrected chi connectivity index (χ4v) is 2.63. The first-order valence-corrected chi connectivity index (χ1v) is 8.57. The molecule has 1 aromatic rings. The highest BCUT2D eigenvalue weighted by molar-refractivity contribution is 5.85. The molecule has 1 unspecified atom stereocenters. The van der Waals surface area contributed by atoms with Crippen LogP contribution in [0.3, 0.4) is 0 Å². The molecule has 0 aliphatic carbocycles. The number of carbonyl (C=O) groups excluding carboxylic acids is 2. The van der Waals surface area contributed by atoms with Crippen molar-refractivity contribution >= 4 is 24.3 Å². The van der Waals surface area contributed by atoms with Gasteiger partial charge in [0.2, 0.25) is 5.91 Å². The first-order valence-electron chi connectivity index (χ1n) is 8.57. The van der Waals surface area contributed by atoms with Crippen LogP contribution in [0.1, 0.15) is 31.7 Å². The highest BCUT2D eigenvalue weighted by atomic mass is 35.5. The molecular weight excluding hydrogens is 344 g/mol. The van der Waals surface area contributed by atoms with Gasteiger partial charge < -0.3 is 20.1 Å². The number of halogens is 1. The second-order valence-corrected chi connectivity index (χ2v) is 5.78. The van der Waals surface area contributed by atoms with E-state index in [1.54, 1.807) is 6.92 Å². The van der Waals surface area contributed by atoms with Gasteiger partial charge in [0.25, 0.3) is 0 Å². The van der Waals surface area contributed by atoms with Crippen molar-refractivity contribution in [3.8, 4) is 5.75 Å². The number of benzene rings is 1. The molecule has 1 heterocycles. The number of carbonyl (C=O) groups is 2. The third-order valence-electron chi connectivity index (χ3n) is 3.93. The molecule has 1 fully saturated rings. The lowest BCUT2D eigenvalue weighted by molar-refractivity contribution is -0.145. The van der Waals surface area contributed by atoms with E-state index in [-0.39, 0.29) is 36.9 Å². The molecule has 140 valence electrons. The molecule has 1 aliphatic rings. The van der Waals surface area contributed by atoms with Crippen molar-refractivity contribution in [3.05, 3.63) is 29.8 Å². The number of esters is 1. The van der Waals surface area contributed by atoms with Crippen LogP contribution in [0.15, 0.2) is 24.3 Å². The smallest absolute Gasteiger partial charge is 0.344 e. The predicted octanol–water partition coefficient (Wildman–Crippen LogP) is 1.85. The summed E-state index contributed by atoms with van der Waals surface area (Å²) in [5.41, 5.74) is 1.11. The van der Waals surface area contributed by atoms with Crippen molar-refractivity contribution < 1.29 is 19.1 Å². The van der Waals surface area contributed by atoms with Crippen molar-refractivity contribution in [1.29, 1.82) is 0 Å². The Hall–Kier alpha value is -1.79. The maximum atomic E-state index is 12.0. The van der Waals surface area contributed by atoms with Crippen molar-refractivity contribution in [2.24, 2.45) is 0 Å². The van der Waals surface area contributed by atoms with Gasteiger partial charge in [-0.3, -0.25) is 4.79 Å². The normalized spacial score (nSPS) is 16.4. The Labute approximate surface area is 155 Å². The molecule has 0 spiro atoms. The molecule has 1 atom stereocenters. The average molecular weight is 371 g/mol. The lowest BCUT2D eigenvalue weighted by atomic mass is 10.0. The number of ether oxygens (including phenoxy) is 2. The second kappa shape index (κ2) is 11.7. The van der Waals surface area contributed by atoms with E-state index < -0.39 is 0 Å². The zero-order chi connectivity index (χ0) is 17.2. The molecule has 1 aromatic carbocycles. The van der Waals surface area contributed by atoms with E-state index in [0.29, 0.717) is 18.9 Å². The van der Waals surface area contributed by atoms with Crippen molar-refractivity contribution in [1.82, 2.24) is 10.6 Å². The predicted molar refractivity (Wildman–Crippen MR) is 98.2 cm³/mol. The Morgan fingerprint density at radius 1 is 1.24 bits per heavy atom. The fourth-order valence-electron chi connectivity index (χ4n) is 2.63. The standard InChI is InChI=1S/C18H26N2O4.ClH/c1-2-23-17(21)13-24-15-8-6-14(7-9-15)10-12-20-18(22)16-5-3-4-11-19-16;/h6-9,16,19H,2-5,10-13H2,1H3,(H,20,22);1H. The van der Waals surface area contributed by atoms with Crippen LogP contribution in [0.5, 0.6) is 5.75 Å². The first kappa shape index (κ1) is 21.3. The maximum Gasteiger partial charge on any atom is 0.344 e. The number of amides is 1. The largest absolute Gasteiger partial charge is 0.482 e. The van der Waals surface area contributed by atoms with Crippen molar-refractivity contribution in [3.63, 3.8) is 0 Å². The number of piperidine rings is 1. The number of nitrogens with one attached hydrogen (secondary N) is 2. The molecule has 1 amide bonds. The third-order valence-corrected chi connectivity index (χ3v) is 3.93. The number of rotatable bonds is 8. The van der Waals surface area contributed by atoms with Gasteiger partial charge in [-0.2, -0.15) is 0 Å². The fraction of sp³-hybridized carbons (Fsp3) is 0.556. The molecule has 7 heteroatoms. The molecule has 6 nitrogen and oxygen atoms in total. The Kier molecular flexibility index (Phi) is 9.96. The van der Waals surface area contributed by atoms with Gasteiger partial charge in [-0.05, 0) is 50.4 Å². The van der Waals surface area contributed by atoms with E-state index in [2.05, 4.69) is 10.6 Å². The summed E-state index contributed by atoms with van der Waals surface area (Å²) in [6, 6.07) is 7.47. The topological polar surface area (TPSA) is 76.7 Å². The Bertz CT molecular complexity index is 530. The summed E-state index contributed by atoms with van der Waals surface area (Å²) >= 11 is 0. The lowest BCUT2D eigenvalue weighted by Gasteiger charge is -2.22. The monoisotopic (exact) mass is 370 g/mol. The van der Waals surface area contributed by atoms with Gasteiger partial charge in [0, 0.05) is 6.54 Å².